The molecule has 2 aromatic carbocycles. The summed E-state index contributed by atoms with van der Waals surface area (Å²) in [6, 6.07) is 17.2. The Balaban J connectivity index is 1.21. The molecule has 1 amide bonds. The van der Waals surface area contributed by atoms with Crippen LogP contribution in [0.3, 0.4) is 0 Å². The van der Waals surface area contributed by atoms with Gasteiger partial charge in [-0.15, -0.1) is 0 Å². The minimum absolute atomic E-state index is 0.128. The maximum Gasteiger partial charge on any atom is 0.227 e. The molecule has 184 valence electrons. The lowest BCUT2D eigenvalue weighted by molar-refractivity contribution is -0.122. The minimum Gasteiger partial charge on any atom is -0.382 e. The van der Waals surface area contributed by atoms with Gasteiger partial charge in [0.2, 0.25) is 5.91 Å². The van der Waals surface area contributed by atoms with Crippen molar-refractivity contribution in [1.82, 2.24) is 9.97 Å². The maximum absolute atomic E-state index is 12.7. The highest BCUT2D eigenvalue weighted by atomic mass is 16.1. The summed E-state index contributed by atoms with van der Waals surface area (Å²) >= 11 is 0. The van der Waals surface area contributed by atoms with Crippen molar-refractivity contribution in [3.05, 3.63) is 54.7 Å². The van der Waals surface area contributed by atoms with Crippen LogP contribution in [0.2, 0.25) is 0 Å². The first-order valence-electron chi connectivity index (χ1n) is 13.4. The van der Waals surface area contributed by atoms with Crippen LogP contribution in [0.15, 0.2) is 54.7 Å². The van der Waals surface area contributed by atoms with Crippen LogP contribution in [-0.2, 0) is 4.79 Å². The number of anilines is 2. The average molecular weight is 471 g/mol. The number of imidazole rings is 1. The lowest BCUT2D eigenvalue weighted by Crippen LogP contribution is -2.30. The highest BCUT2D eigenvalue weighted by molar-refractivity contribution is 5.93. The van der Waals surface area contributed by atoms with Gasteiger partial charge in [0.15, 0.2) is 0 Å². The summed E-state index contributed by atoms with van der Waals surface area (Å²) in [6.07, 6.45) is 11.7. The molecule has 0 bridgehead atoms. The molecule has 1 heterocycles. The van der Waals surface area contributed by atoms with E-state index in [0.29, 0.717) is 12.0 Å². The highest BCUT2D eigenvalue weighted by Gasteiger charge is 2.27. The van der Waals surface area contributed by atoms with Crippen LogP contribution >= 0.6 is 0 Å². The molecule has 0 saturated heterocycles. The largest absolute Gasteiger partial charge is 0.382 e. The smallest absolute Gasteiger partial charge is 0.227 e. The van der Waals surface area contributed by atoms with Gasteiger partial charge in [0, 0.05) is 28.9 Å². The number of carbonyl (C=O) groups is 1. The lowest BCUT2D eigenvalue weighted by Gasteiger charge is -2.30. The Morgan fingerprint density at radius 2 is 1.43 bits per heavy atom. The third-order valence-corrected chi connectivity index (χ3v) is 8.11. The summed E-state index contributed by atoms with van der Waals surface area (Å²) in [5.74, 6) is 2.31. The van der Waals surface area contributed by atoms with Crippen LogP contribution in [0, 0.1) is 17.8 Å². The zero-order valence-corrected chi connectivity index (χ0v) is 21.0. The third-order valence-electron chi connectivity index (χ3n) is 8.11. The second-order valence-corrected chi connectivity index (χ2v) is 10.7. The molecule has 0 aliphatic heterocycles. The zero-order chi connectivity index (χ0) is 24.2. The molecule has 35 heavy (non-hydrogen) atoms. The van der Waals surface area contributed by atoms with Crippen LogP contribution in [-0.4, -0.2) is 21.9 Å². The lowest BCUT2D eigenvalue weighted by atomic mass is 9.80. The van der Waals surface area contributed by atoms with Crippen LogP contribution < -0.4 is 10.6 Å². The molecule has 4 unspecified atom stereocenters. The fraction of sp³-hybridized carbons (Fsp3) is 0.467. The predicted molar refractivity (Wildman–Crippen MR) is 144 cm³/mol. The zero-order valence-electron chi connectivity index (χ0n) is 21.0. The van der Waals surface area contributed by atoms with Gasteiger partial charge in [0.1, 0.15) is 5.82 Å². The monoisotopic (exact) mass is 470 g/mol. The van der Waals surface area contributed by atoms with Gasteiger partial charge in [-0.2, -0.15) is 0 Å². The quantitative estimate of drug-likeness (QED) is 0.349. The van der Waals surface area contributed by atoms with Crippen LogP contribution in [0.1, 0.15) is 65.2 Å². The molecule has 3 aromatic rings. The van der Waals surface area contributed by atoms with E-state index in [0.717, 1.165) is 53.5 Å². The number of nitrogens with zero attached hydrogens (tertiary/aromatic N) is 1. The van der Waals surface area contributed by atoms with Gasteiger partial charge in [-0.25, -0.2) is 4.98 Å². The van der Waals surface area contributed by atoms with Crippen molar-refractivity contribution >= 4 is 17.3 Å². The molecule has 0 spiro atoms. The fourth-order valence-electron chi connectivity index (χ4n) is 5.76. The van der Waals surface area contributed by atoms with Gasteiger partial charge in [0.05, 0.1) is 11.9 Å². The highest BCUT2D eigenvalue weighted by Crippen LogP contribution is 2.31. The second-order valence-electron chi connectivity index (χ2n) is 10.7. The van der Waals surface area contributed by atoms with Gasteiger partial charge in [-0.05, 0) is 79.5 Å². The van der Waals surface area contributed by atoms with E-state index in [4.69, 9.17) is 0 Å². The molecule has 2 aliphatic carbocycles. The van der Waals surface area contributed by atoms with Crippen LogP contribution in [0.5, 0.6) is 0 Å². The van der Waals surface area contributed by atoms with Crippen molar-refractivity contribution in [3.8, 4) is 22.6 Å². The first-order chi connectivity index (χ1) is 17.1. The molecule has 3 N–H and O–H groups in total. The fourth-order valence-corrected chi connectivity index (χ4v) is 5.76. The van der Waals surface area contributed by atoms with E-state index in [2.05, 4.69) is 58.7 Å². The number of hydrogen-bond acceptors (Lipinski definition) is 3. The molecule has 5 rings (SSSR count). The van der Waals surface area contributed by atoms with Crippen molar-refractivity contribution in [2.45, 2.75) is 71.3 Å². The number of benzene rings is 2. The van der Waals surface area contributed by atoms with Gasteiger partial charge >= 0.3 is 0 Å². The van der Waals surface area contributed by atoms with E-state index in [-0.39, 0.29) is 11.8 Å². The van der Waals surface area contributed by atoms with E-state index in [1.165, 1.54) is 37.8 Å². The van der Waals surface area contributed by atoms with E-state index >= 15 is 0 Å². The Hall–Kier alpha value is -3.08. The summed E-state index contributed by atoms with van der Waals surface area (Å²) in [4.78, 5) is 20.8. The summed E-state index contributed by atoms with van der Waals surface area (Å²) in [5, 5.41) is 6.84. The average Bonchev–Trinajstić information content (AvgIpc) is 3.37. The first-order valence-corrected chi connectivity index (χ1v) is 13.4. The number of H-pyrrole nitrogens is 1. The Bertz CT molecular complexity index is 1120. The van der Waals surface area contributed by atoms with Gasteiger partial charge < -0.3 is 15.6 Å². The molecule has 2 fully saturated rings. The van der Waals surface area contributed by atoms with E-state index in [1.54, 1.807) is 0 Å². The standard InChI is InChI=1S/C30H38N4O/c1-20-7-3-5-9-26(20)30(35)33-25-17-13-23(14-18-25)29-31-19-28(34-29)22-11-15-24(16-12-22)32-27-10-6-4-8-21(27)2/h11-21,26-27,32H,3-10H2,1-2H3,(H,31,34)(H,33,35). The van der Waals surface area contributed by atoms with Crippen molar-refractivity contribution in [2.75, 3.05) is 10.6 Å². The van der Waals surface area contributed by atoms with E-state index in [1.807, 2.05) is 30.5 Å². The van der Waals surface area contributed by atoms with Gasteiger partial charge in [-0.1, -0.05) is 51.7 Å². The maximum atomic E-state index is 12.7. The molecule has 2 aliphatic rings. The number of aromatic amines is 1. The number of rotatable bonds is 6. The van der Waals surface area contributed by atoms with Crippen molar-refractivity contribution in [2.24, 2.45) is 17.8 Å². The predicted octanol–water partition coefficient (Wildman–Crippen LogP) is 7.50. The van der Waals surface area contributed by atoms with Gasteiger partial charge in [0.25, 0.3) is 0 Å². The molecule has 4 atom stereocenters. The molecule has 5 nitrogen and oxygen atoms in total. The summed E-state index contributed by atoms with van der Waals surface area (Å²) < 4.78 is 0. The number of hydrogen-bond donors (Lipinski definition) is 3. The minimum atomic E-state index is 0.128. The van der Waals surface area contributed by atoms with Crippen LogP contribution in [0.25, 0.3) is 22.6 Å². The molecule has 5 heteroatoms. The normalized spacial score (nSPS) is 24.6. The van der Waals surface area contributed by atoms with Crippen LogP contribution in [0.4, 0.5) is 11.4 Å². The van der Waals surface area contributed by atoms with Gasteiger partial charge in [-0.3, -0.25) is 4.79 Å². The number of amides is 1. The molecule has 2 saturated carbocycles. The Kier molecular flexibility index (Phi) is 7.21. The van der Waals surface area contributed by atoms with E-state index < -0.39 is 0 Å². The number of carbonyl (C=O) groups excluding carboxylic acids is 1. The molecular formula is C30H38N4O. The first kappa shape index (κ1) is 23.7. The van der Waals surface area contributed by atoms with Crippen molar-refractivity contribution in [3.63, 3.8) is 0 Å². The van der Waals surface area contributed by atoms with E-state index in [9.17, 15) is 4.79 Å². The summed E-state index contributed by atoms with van der Waals surface area (Å²) in [6.45, 7) is 4.55. The molecular weight excluding hydrogens is 432 g/mol. The van der Waals surface area contributed by atoms with Crippen molar-refractivity contribution in [1.29, 1.82) is 0 Å². The number of nitrogens with one attached hydrogen (secondary N) is 3. The Labute approximate surface area is 209 Å². The third kappa shape index (κ3) is 5.61. The Morgan fingerprint density at radius 1 is 0.800 bits per heavy atom. The number of aromatic nitrogens is 2. The molecule has 0 radical (unpaired) electrons. The Morgan fingerprint density at radius 3 is 2.14 bits per heavy atom. The topological polar surface area (TPSA) is 69.8 Å². The molecule has 1 aromatic heterocycles. The second kappa shape index (κ2) is 10.7. The summed E-state index contributed by atoms with van der Waals surface area (Å²) in [7, 11) is 0. The van der Waals surface area contributed by atoms with Crippen molar-refractivity contribution < 1.29 is 4.79 Å². The summed E-state index contributed by atoms with van der Waals surface area (Å²) in [5.41, 5.74) is 5.16. The SMILES string of the molecule is CC1CCCCC1Nc1ccc(-c2cnc(-c3ccc(NC(=O)C4CCCCC4C)cc3)[nH]2)cc1.